The molecule has 1 aliphatic heterocycles. The predicted molar refractivity (Wildman–Crippen MR) is 178 cm³/mol. The van der Waals surface area contributed by atoms with Crippen molar-refractivity contribution >= 4 is 29.5 Å². The Labute approximate surface area is 280 Å². The number of carbonyl (C=O) groups is 5. The molecule has 3 amide bonds. The Kier molecular flexibility index (Phi) is 13.4. The number of ketones is 2. The van der Waals surface area contributed by atoms with Crippen LogP contribution in [0.5, 0.6) is 0 Å². The number of aliphatic hydroxyl groups is 1. The van der Waals surface area contributed by atoms with Gasteiger partial charge in [-0.25, -0.2) is 4.79 Å². The van der Waals surface area contributed by atoms with Crippen molar-refractivity contribution in [2.24, 2.45) is 17.6 Å². The second kappa shape index (κ2) is 17.0. The third-order valence-electron chi connectivity index (χ3n) is 8.35. The number of amides is 3. The highest BCUT2D eigenvalue weighted by Gasteiger charge is 2.34. The lowest BCUT2D eigenvalue weighted by molar-refractivity contribution is -0.120. The van der Waals surface area contributed by atoms with Crippen molar-refractivity contribution in [1.82, 2.24) is 10.6 Å². The first kappa shape index (κ1) is 37.8. The van der Waals surface area contributed by atoms with Gasteiger partial charge in [-0.05, 0) is 57.2 Å². The van der Waals surface area contributed by atoms with Crippen LogP contribution in [0.25, 0.3) is 0 Å². The van der Waals surface area contributed by atoms with Gasteiger partial charge in [-0.3, -0.25) is 19.2 Å². The largest absolute Gasteiger partial charge is 0.439 e. The van der Waals surface area contributed by atoms with Gasteiger partial charge in [0.25, 0.3) is 11.8 Å². The smallest absolute Gasteiger partial charge is 0.405 e. The summed E-state index contributed by atoms with van der Waals surface area (Å²) in [4.78, 5) is 65.4. The van der Waals surface area contributed by atoms with Crippen LogP contribution in [0, 0.1) is 18.8 Å². The molecule has 2 aliphatic rings. The molecule has 258 valence electrons. The number of primary amides is 1. The van der Waals surface area contributed by atoms with Gasteiger partial charge in [0.1, 0.15) is 6.10 Å². The number of aliphatic hydroxyl groups excluding tert-OH is 1. The Morgan fingerprint density at radius 1 is 1.02 bits per heavy atom. The zero-order valence-electron chi connectivity index (χ0n) is 28.4. The maximum atomic E-state index is 13.9. The van der Waals surface area contributed by atoms with Gasteiger partial charge in [0.15, 0.2) is 6.10 Å². The van der Waals surface area contributed by atoms with E-state index in [-0.39, 0.29) is 41.3 Å². The molecule has 0 unspecified atom stereocenters. The minimum absolute atomic E-state index is 0.0210. The van der Waals surface area contributed by atoms with Crippen LogP contribution in [0.4, 0.5) is 4.79 Å². The number of nitrogens with one attached hydrogen (secondary N) is 2. The second-order valence-corrected chi connectivity index (χ2v) is 12.3. The molecular formula is C36H45N3O9. The van der Waals surface area contributed by atoms with Crippen molar-refractivity contribution in [3.63, 3.8) is 0 Å². The third kappa shape index (κ3) is 9.69. The van der Waals surface area contributed by atoms with Crippen LogP contribution in [0.2, 0.25) is 0 Å². The van der Waals surface area contributed by atoms with Gasteiger partial charge in [0, 0.05) is 42.9 Å². The summed E-state index contributed by atoms with van der Waals surface area (Å²) in [6, 6.07) is 6.75. The van der Waals surface area contributed by atoms with Crippen LogP contribution in [0.3, 0.4) is 0 Å². The van der Waals surface area contributed by atoms with E-state index in [2.05, 4.69) is 10.6 Å². The number of benzene rings is 1. The monoisotopic (exact) mass is 663 g/mol. The summed E-state index contributed by atoms with van der Waals surface area (Å²) in [6.07, 6.45) is 3.05. The number of hydrogen-bond donors (Lipinski definition) is 4. The van der Waals surface area contributed by atoms with Gasteiger partial charge < -0.3 is 35.7 Å². The molecule has 1 aromatic rings. The number of fused-ring (bicyclic) bond motifs is 2. The molecule has 6 atom stereocenters. The molecule has 0 saturated heterocycles. The van der Waals surface area contributed by atoms with E-state index in [1.807, 2.05) is 13.8 Å². The first-order valence-corrected chi connectivity index (χ1v) is 15.6. The van der Waals surface area contributed by atoms with Crippen LogP contribution >= 0.6 is 0 Å². The zero-order chi connectivity index (χ0) is 35.7. The SMILES string of the molecule is CO[C@H]1/C=C\C=C(/C)C(=O)NC2=CC(=O)C(NC(=O)c3ccc(C)cc3)=C(C[C@@H](C)C[C@H](OC)[C@H](O)[C@@H](C)/C=C(\C)[C@@H]1OC(N)=O)C2=O. The van der Waals surface area contributed by atoms with Crippen molar-refractivity contribution < 1.29 is 43.3 Å². The van der Waals surface area contributed by atoms with Crippen molar-refractivity contribution in [3.8, 4) is 0 Å². The van der Waals surface area contributed by atoms with E-state index in [1.54, 1.807) is 50.3 Å². The molecular weight excluding hydrogens is 618 g/mol. The van der Waals surface area contributed by atoms with Crippen LogP contribution in [-0.2, 0) is 28.6 Å². The Hall–Kier alpha value is -4.65. The fourth-order valence-corrected chi connectivity index (χ4v) is 5.61. The first-order chi connectivity index (χ1) is 22.7. The Bertz CT molecular complexity index is 1570. The van der Waals surface area contributed by atoms with Gasteiger partial charge in [-0.15, -0.1) is 0 Å². The third-order valence-corrected chi connectivity index (χ3v) is 8.35. The number of nitrogens with two attached hydrogens (primary N) is 1. The summed E-state index contributed by atoms with van der Waals surface area (Å²) < 4.78 is 16.6. The molecule has 2 bridgehead atoms. The summed E-state index contributed by atoms with van der Waals surface area (Å²) in [5.74, 6) is -3.32. The zero-order valence-corrected chi connectivity index (χ0v) is 28.4. The van der Waals surface area contributed by atoms with Crippen molar-refractivity contribution in [3.05, 3.63) is 93.9 Å². The van der Waals surface area contributed by atoms with E-state index >= 15 is 0 Å². The summed E-state index contributed by atoms with van der Waals surface area (Å²) in [5, 5.41) is 16.5. The lowest BCUT2D eigenvalue weighted by atomic mass is 9.85. The molecule has 0 fully saturated rings. The standard InChI is InChI=1S/C36H45N3O9/c1-19-11-13-24(14-12-19)35(44)39-30-25-15-20(2)16-29(47-7)31(41)22(4)17-23(5)33(48-36(37)45)28(46-6)10-8-9-21(3)34(43)38-26(32(25)42)18-27(30)40/h8-14,17-18,20,22,28-29,31,33,41H,15-16H2,1-7H3,(H2,37,45)(H,38,43)(H,39,44)/b10-8-,21-9+,23-17+/t20-,22+,28+,29+,31-,33+/m1/s1. The maximum absolute atomic E-state index is 13.9. The van der Waals surface area contributed by atoms with Gasteiger partial charge in [0.2, 0.25) is 11.6 Å². The number of methoxy groups -OCH3 is 2. The highest BCUT2D eigenvalue weighted by atomic mass is 16.6. The molecule has 1 aromatic carbocycles. The molecule has 12 heteroatoms. The second-order valence-electron chi connectivity index (χ2n) is 12.3. The number of carbonyl (C=O) groups excluding carboxylic acids is 5. The average molecular weight is 664 g/mol. The van der Waals surface area contributed by atoms with Gasteiger partial charge >= 0.3 is 6.09 Å². The molecule has 0 spiro atoms. The molecule has 0 saturated carbocycles. The summed E-state index contributed by atoms with van der Waals surface area (Å²) in [6.45, 7) is 8.71. The van der Waals surface area contributed by atoms with E-state index in [9.17, 15) is 29.1 Å². The molecule has 0 radical (unpaired) electrons. The highest BCUT2D eigenvalue weighted by Crippen LogP contribution is 2.29. The lowest BCUT2D eigenvalue weighted by Crippen LogP contribution is -2.38. The lowest BCUT2D eigenvalue weighted by Gasteiger charge is -2.30. The summed E-state index contributed by atoms with van der Waals surface area (Å²) >= 11 is 0. The summed E-state index contributed by atoms with van der Waals surface area (Å²) in [7, 11) is 2.87. The quantitative estimate of drug-likeness (QED) is 0.271. The predicted octanol–water partition coefficient (Wildman–Crippen LogP) is 3.50. The Balaban J connectivity index is 2.09. The molecule has 48 heavy (non-hydrogen) atoms. The number of hydrogen-bond acceptors (Lipinski definition) is 9. The molecule has 12 nitrogen and oxygen atoms in total. The molecule has 1 aliphatic carbocycles. The minimum Gasteiger partial charge on any atom is -0.439 e. The average Bonchev–Trinajstić information content (AvgIpc) is 3.04. The minimum atomic E-state index is -1.03. The maximum Gasteiger partial charge on any atom is 0.405 e. The summed E-state index contributed by atoms with van der Waals surface area (Å²) in [5.41, 5.74) is 6.96. The Morgan fingerprint density at radius 3 is 2.29 bits per heavy atom. The fraction of sp³-hybridized carbons (Fsp3) is 0.417. The van der Waals surface area contributed by atoms with E-state index in [1.165, 1.54) is 33.3 Å². The van der Waals surface area contributed by atoms with Crippen LogP contribution < -0.4 is 16.4 Å². The van der Waals surface area contributed by atoms with Crippen molar-refractivity contribution in [2.45, 2.75) is 71.9 Å². The number of ether oxygens (including phenoxy) is 3. The van der Waals surface area contributed by atoms with E-state index in [0.717, 1.165) is 11.6 Å². The number of rotatable bonds is 5. The van der Waals surface area contributed by atoms with E-state index in [0.29, 0.717) is 11.1 Å². The van der Waals surface area contributed by atoms with Gasteiger partial charge in [-0.1, -0.05) is 55.8 Å². The number of allylic oxidation sites excluding steroid dienone is 4. The fourth-order valence-electron chi connectivity index (χ4n) is 5.61. The van der Waals surface area contributed by atoms with Gasteiger partial charge in [-0.2, -0.15) is 0 Å². The number of aryl methyl sites for hydroxylation is 1. The van der Waals surface area contributed by atoms with E-state index in [4.69, 9.17) is 19.9 Å². The van der Waals surface area contributed by atoms with Crippen LogP contribution in [-0.4, -0.2) is 73.2 Å². The van der Waals surface area contributed by atoms with Gasteiger partial charge in [0.05, 0.1) is 23.6 Å². The first-order valence-electron chi connectivity index (χ1n) is 15.6. The topological polar surface area (TPSA) is 183 Å². The van der Waals surface area contributed by atoms with E-state index < -0.39 is 59.8 Å². The normalized spacial score (nSPS) is 29.1. The molecule has 1 heterocycles. The number of Topliss-reactive ketones (excluding diaryl/α,β-unsaturated/α-hetero) is 1. The van der Waals surface area contributed by atoms with Crippen molar-refractivity contribution in [1.29, 1.82) is 0 Å². The molecule has 3 rings (SSSR count). The van der Waals surface area contributed by atoms with Crippen LogP contribution in [0.1, 0.15) is 56.5 Å². The Morgan fingerprint density at radius 2 is 1.69 bits per heavy atom. The highest BCUT2D eigenvalue weighted by molar-refractivity contribution is 6.24. The molecule has 5 N–H and O–H groups in total. The van der Waals surface area contributed by atoms with Crippen molar-refractivity contribution in [2.75, 3.05) is 14.2 Å². The molecule has 0 aromatic heterocycles. The van der Waals surface area contributed by atoms with Crippen LogP contribution in [0.15, 0.2) is 82.8 Å².